The van der Waals surface area contributed by atoms with Crippen molar-refractivity contribution in [3.05, 3.63) is 52.5 Å². The summed E-state index contributed by atoms with van der Waals surface area (Å²) >= 11 is 1.41. The van der Waals surface area contributed by atoms with Gasteiger partial charge in [-0.1, -0.05) is 30.3 Å². The molecule has 142 valence electrons. The molecule has 6 nitrogen and oxygen atoms in total. The largest absolute Gasteiger partial charge is 0.481 e. The van der Waals surface area contributed by atoms with E-state index in [0.29, 0.717) is 24.4 Å². The maximum absolute atomic E-state index is 12.5. The predicted octanol–water partition coefficient (Wildman–Crippen LogP) is 3.69. The molecule has 0 atom stereocenters. The van der Waals surface area contributed by atoms with E-state index in [9.17, 15) is 9.59 Å². The van der Waals surface area contributed by atoms with Crippen LogP contribution in [0.3, 0.4) is 0 Å². The van der Waals surface area contributed by atoms with Gasteiger partial charge in [0.05, 0.1) is 22.5 Å². The molecule has 0 saturated heterocycles. The number of carbonyl (C=O) groups is 2. The summed E-state index contributed by atoms with van der Waals surface area (Å²) in [6.45, 7) is 6.22. The van der Waals surface area contributed by atoms with E-state index in [2.05, 4.69) is 10.4 Å². The normalized spacial score (nSPS) is 11.7. The second-order valence-electron chi connectivity index (χ2n) is 7.25. The lowest BCUT2D eigenvalue weighted by atomic mass is 9.90. The van der Waals surface area contributed by atoms with Crippen LogP contribution in [0, 0.1) is 12.3 Å². The summed E-state index contributed by atoms with van der Waals surface area (Å²) in [7, 11) is 0. The molecule has 1 amide bonds. The van der Waals surface area contributed by atoms with Crippen molar-refractivity contribution < 1.29 is 14.7 Å². The van der Waals surface area contributed by atoms with Gasteiger partial charge in [0.2, 0.25) is 0 Å². The van der Waals surface area contributed by atoms with Gasteiger partial charge < -0.3 is 10.4 Å². The van der Waals surface area contributed by atoms with Crippen molar-refractivity contribution in [3.8, 4) is 0 Å². The van der Waals surface area contributed by atoms with Gasteiger partial charge in [0.1, 0.15) is 4.83 Å². The fourth-order valence-corrected chi connectivity index (χ4v) is 3.85. The molecule has 0 unspecified atom stereocenters. The molecule has 0 aliphatic heterocycles. The number of rotatable bonds is 7. The summed E-state index contributed by atoms with van der Waals surface area (Å²) in [5.41, 5.74) is 1.18. The molecule has 3 aromatic rings. The Morgan fingerprint density at radius 1 is 1.26 bits per heavy atom. The molecule has 0 fully saturated rings. The molecule has 7 heteroatoms. The fraction of sp³-hybridized carbons (Fsp3) is 0.350. The van der Waals surface area contributed by atoms with Crippen molar-refractivity contribution in [1.82, 2.24) is 15.1 Å². The Kier molecular flexibility index (Phi) is 5.32. The minimum atomic E-state index is -0.866. The standard InChI is InChI=1S/C20H23N3O3S/c1-13-15-11-16(17(24)21-10-9-20(2,3)19(25)26)27-18(15)23(22-13)12-14-7-5-4-6-8-14/h4-8,11H,9-10,12H2,1-3H3,(H,21,24)(H,25,26). The topological polar surface area (TPSA) is 84.2 Å². The van der Waals surface area contributed by atoms with E-state index >= 15 is 0 Å². The molecule has 2 aromatic heterocycles. The maximum atomic E-state index is 12.5. The molecule has 0 spiro atoms. The van der Waals surface area contributed by atoms with Gasteiger partial charge in [-0.15, -0.1) is 11.3 Å². The van der Waals surface area contributed by atoms with E-state index < -0.39 is 11.4 Å². The number of nitrogens with zero attached hydrogens (tertiary/aromatic N) is 2. The van der Waals surface area contributed by atoms with Gasteiger partial charge in [-0.25, -0.2) is 0 Å². The number of benzene rings is 1. The lowest BCUT2D eigenvalue weighted by Crippen LogP contribution is -2.31. The van der Waals surface area contributed by atoms with Crippen LogP contribution in [0.2, 0.25) is 0 Å². The Labute approximate surface area is 161 Å². The number of hydrogen-bond acceptors (Lipinski definition) is 4. The van der Waals surface area contributed by atoms with Crippen LogP contribution >= 0.6 is 11.3 Å². The monoisotopic (exact) mass is 385 g/mol. The first-order chi connectivity index (χ1) is 12.8. The number of hydrogen-bond donors (Lipinski definition) is 2. The highest BCUT2D eigenvalue weighted by molar-refractivity contribution is 7.20. The lowest BCUT2D eigenvalue weighted by molar-refractivity contribution is -0.147. The fourth-order valence-electron chi connectivity index (χ4n) is 2.77. The Morgan fingerprint density at radius 2 is 1.96 bits per heavy atom. The summed E-state index contributed by atoms with van der Waals surface area (Å²) in [6, 6.07) is 11.9. The van der Waals surface area contributed by atoms with E-state index in [1.165, 1.54) is 11.3 Å². The first kappa shape index (κ1) is 19.1. The Morgan fingerprint density at radius 3 is 2.63 bits per heavy atom. The second kappa shape index (κ2) is 7.52. The number of carboxylic acids is 1. The third-order valence-corrected chi connectivity index (χ3v) is 5.77. The molecular formula is C20H23N3O3S. The third-order valence-electron chi connectivity index (χ3n) is 4.62. The molecular weight excluding hydrogens is 362 g/mol. The number of carbonyl (C=O) groups excluding carboxylic acids is 1. The van der Waals surface area contributed by atoms with Gasteiger partial charge in [0.25, 0.3) is 5.91 Å². The average molecular weight is 385 g/mol. The number of thiophene rings is 1. The third kappa shape index (κ3) is 4.19. The molecule has 2 heterocycles. The predicted molar refractivity (Wildman–Crippen MR) is 106 cm³/mol. The molecule has 0 aliphatic rings. The number of aromatic nitrogens is 2. The van der Waals surface area contributed by atoms with Crippen LogP contribution < -0.4 is 5.32 Å². The van der Waals surface area contributed by atoms with Crippen LogP contribution in [-0.4, -0.2) is 33.3 Å². The van der Waals surface area contributed by atoms with E-state index in [4.69, 9.17) is 5.11 Å². The number of fused-ring (bicyclic) bond motifs is 1. The molecule has 3 rings (SSSR count). The molecule has 2 N–H and O–H groups in total. The van der Waals surface area contributed by atoms with Crippen molar-refractivity contribution in [3.63, 3.8) is 0 Å². The van der Waals surface area contributed by atoms with Crippen LogP contribution in [0.25, 0.3) is 10.2 Å². The summed E-state index contributed by atoms with van der Waals surface area (Å²) in [6.07, 6.45) is 0.375. The van der Waals surface area contributed by atoms with E-state index in [-0.39, 0.29) is 5.91 Å². The zero-order valence-electron chi connectivity index (χ0n) is 15.7. The summed E-state index contributed by atoms with van der Waals surface area (Å²) in [5.74, 6) is -1.04. The van der Waals surface area contributed by atoms with Gasteiger partial charge >= 0.3 is 5.97 Å². The van der Waals surface area contributed by atoms with Crippen molar-refractivity contribution in [1.29, 1.82) is 0 Å². The van der Waals surface area contributed by atoms with Gasteiger partial charge in [-0.2, -0.15) is 5.10 Å². The van der Waals surface area contributed by atoms with E-state index in [1.807, 2.05) is 48.0 Å². The number of carboxylic acid groups (broad SMARTS) is 1. The summed E-state index contributed by atoms with van der Waals surface area (Å²) < 4.78 is 1.93. The van der Waals surface area contributed by atoms with Crippen LogP contribution in [0.1, 0.15) is 41.2 Å². The molecule has 0 bridgehead atoms. The van der Waals surface area contributed by atoms with Gasteiger partial charge in [-0.3, -0.25) is 14.3 Å². The van der Waals surface area contributed by atoms with Crippen molar-refractivity contribution in [2.45, 2.75) is 33.7 Å². The zero-order chi connectivity index (χ0) is 19.6. The van der Waals surface area contributed by atoms with E-state index in [1.54, 1.807) is 13.8 Å². The van der Waals surface area contributed by atoms with Gasteiger partial charge in [-0.05, 0) is 38.8 Å². The summed E-state index contributed by atoms with van der Waals surface area (Å²) in [4.78, 5) is 25.2. The smallest absolute Gasteiger partial charge is 0.309 e. The lowest BCUT2D eigenvalue weighted by Gasteiger charge is -2.18. The molecule has 0 radical (unpaired) electrons. The highest BCUT2D eigenvalue weighted by atomic mass is 32.1. The number of aryl methyl sites for hydroxylation is 1. The SMILES string of the molecule is Cc1nn(Cc2ccccc2)c2sc(C(=O)NCCC(C)(C)C(=O)O)cc12. The second-order valence-corrected chi connectivity index (χ2v) is 8.28. The molecule has 0 aliphatic carbocycles. The van der Waals surface area contributed by atoms with Crippen LogP contribution in [0.15, 0.2) is 36.4 Å². The Balaban J connectivity index is 1.73. The van der Waals surface area contributed by atoms with Crippen molar-refractivity contribution in [2.75, 3.05) is 6.54 Å². The number of nitrogens with one attached hydrogen (secondary N) is 1. The maximum Gasteiger partial charge on any atom is 0.309 e. The quantitative estimate of drug-likeness (QED) is 0.650. The highest BCUT2D eigenvalue weighted by Gasteiger charge is 2.26. The van der Waals surface area contributed by atoms with Crippen LogP contribution in [-0.2, 0) is 11.3 Å². The first-order valence-electron chi connectivity index (χ1n) is 8.80. The molecule has 0 saturated carbocycles. The molecule has 27 heavy (non-hydrogen) atoms. The minimum absolute atomic E-state index is 0.178. The van der Waals surface area contributed by atoms with Crippen molar-refractivity contribution >= 4 is 33.4 Å². The number of amides is 1. The molecule has 1 aromatic carbocycles. The number of aliphatic carboxylic acids is 1. The van der Waals surface area contributed by atoms with Crippen LogP contribution in [0.5, 0.6) is 0 Å². The Bertz CT molecular complexity index is 973. The zero-order valence-corrected chi connectivity index (χ0v) is 16.5. The summed E-state index contributed by atoms with van der Waals surface area (Å²) in [5, 5.41) is 17.5. The van der Waals surface area contributed by atoms with Crippen LogP contribution in [0.4, 0.5) is 0 Å². The van der Waals surface area contributed by atoms with Gasteiger partial charge in [0, 0.05) is 11.9 Å². The van der Waals surface area contributed by atoms with Gasteiger partial charge in [0.15, 0.2) is 0 Å². The first-order valence-corrected chi connectivity index (χ1v) is 9.62. The minimum Gasteiger partial charge on any atom is -0.481 e. The van der Waals surface area contributed by atoms with E-state index in [0.717, 1.165) is 21.5 Å². The Hall–Kier alpha value is -2.67. The average Bonchev–Trinajstić information content (AvgIpc) is 3.17. The van der Waals surface area contributed by atoms with Crippen molar-refractivity contribution in [2.24, 2.45) is 5.41 Å². The highest BCUT2D eigenvalue weighted by Crippen LogP contribution is 2.29.